The van der Waals surface area contributed by atoms with Gasteiger partial charge in [0.25, 0.3) is 5.91 Å². The number of aryl methyl sites for hydroxylation is 2. The van der Waals surface area contributed by atoms with Gasteiger partial charge in [0.1, 0.15) is 7.11 Å². The maximum absolute atomic E-state index is 13.3. The largest absolute Gasteiger partial charge is 0.399 e. The molecule has 0 aromatic heterocycles. The highest BCUT2D eigenvalue weighted by Crippen LogP contribution is 2.28. The van der Waals surface area contributed by atoms with Crippen LogP contribution in [0.2, 0.25) is 0 Å². The molecule has 2 aromatic rings. The summed E-state index contributed by atoms with van der Waals surface area (Å²) in [5, 5.41) is 25.0. The van der Waals surface area contributed by atoms with Gasteiger partial charge in [0.15, 0.2) is 0 Å². The molecule has 3 rings (SSSR count). The number of oxime groups is 1. The summed E-state index contributed by atoms with van der Waals surface area (Å²) >= 11 is 0. The number of benzene rings is 2. The molecular formula is C25H31N3O5. The lowest BCUT2D eigenvalue weighted by molar-refractivity contribution is -0.123. The van der Waals surface area contributed by atoms with Crippen molar-refractivity contribution in [3.63, 3.8) is 0 Å². The summed E-state index contributed by atoms with van der Waals surface area (Å²) in [5.74, 6) is -0.544. The van der Waals surface area contributed by atoms with Crippen LogP contribution >= 0.6 is 0 Å². The number of nitrogens with one attached hydrogen (secondary N) is 1. The Morgan fingerprint density at radius 3 is 2.33 bits per heavy atom. The molecule has 0 saturated carbocycles. The van der Waals surface area contributed by atoms with E-state index in [1.165, 1.54) is 18.2 Å². The standard InChI is InChI=1S/C25H31N3O5/c1-16-5-4-6-17(2)24(16)18-7-9-19(10-8-18)25(32)28-13-20(27-33-3)11-22(28)12-23(31)26-21(14-29)15-30/h4-10,21-22,29-30H,11-15H2,1-3H3,(H,26,31)/t22-/m0/s1. The Bertz CT molecular complexity index is 995. The zero-order chi connectivity index (χ0) is 24.0. The van der Waals surface area contributed by atoms with Crippen molar-refractivity contribution in [3.8, 4) is 11.1 Å². The van der Waals surface area contributed by atoms with Gasteiger partial charge in [-0.3, -0.25) is 9.59 Å². The van der Waals surface area contributed by atoms with Gasteiger partial charge >= 0.3 is 0 Å². The van der Waals surface area contributed by atoms with Crippen LogP contribution < -0.4 is 5.32 Å². The van der Waals surface area contributed by atoms with Crippen molar-refractivity contribution in [3.05, 3.63) is 59.2 Å². The number of carbonyl (C=O) groups excluding carboxylic acids is 2. The molecule has 8 nitrogen and oxygen atoms in total. The third-order valence-electron chi connectivity index (χ3n) is 5.87. The summed E-state index contributed by atoms with van der Waals surface area (Å²) in [7, 11) is 1.44. The highest BCUT2D eigenvalue weighted by molar-refractivity contribution is 6.01. The predicted molar refractivity (Wildman–Crippen MR) is 126 cm³/mol. The van der Waals surface area contributed by atoms with E-state index in [4.69, 9.17) is 4.84 Å². The number of rotatable bonds is 8. The Morgan fingerprint density at radius 2 is 1.76 bits per heavy atom. The summed E-state index contributed by atoms with van der Waals surface area (Å²) in [5.41, 5.74) is 5.74. The van der Waals surface area contributed by atoms with E-state index in [2.05, 4.69) is 36.5 Å². The molecule has 1 atom stereocenters. The van der Waals surface area contributed by atoms with Crippen LogP contribution in [-0.2, 0) is 9.63 Å². The van der Waals surface area contributed by atoms with E-state index in [0.29, 0.717) is 17.7 Å². The van der Waals surface area contributed by atoms with Gasteiger partial charge in [-0.05, 0) is 48.2 Å². The number of hydrogen-bond donors (Lipinski definition) is 3. The molecule has 0 unspecified atom stereocenters. The molecule has 2 aromatic carbocycles. The quantitative estimate of drug-likeness (QED) is 0.530. The first-order valence-electron chi connectivity index (χ1n) is 11.0. The van der Waals surface area contributed by atoms with Gasteiger partial charge in [0.2, 0.25) is 5.91 Å². The molecule has 1 fully saturated rings. The molecule has 1 heterocycles. The minimum absolute atomic E-state index is 0.0332. The van der Waals surface area contributed by atoms with Gasteiger partial charge in [0.05, 0.1) is 31.5 Å². The molecule has 0 radical (unpaired) electrons. The minimum Gasteiger partial charge on any atom is -0.399 e. The highest BCUT2D eigenvalue weighted by atomic mass is 16.6. The normalized spacial score (nSPS) is 17.0. The first kappa shape index (κ1) is 24.4. The Hall–Kier alpha value is -3.23. The minimum atomic E-state index is -0.729. The second kappa shape index (κ2) is 11.1. The molecular weight excluding hydrogens is 422 g/mol. The molecule has 0 aliphatic carbocycles. The van der Waals surface area contributed by atoms with Crippen molar-refractivity contribution in [2.24, 2.45) is 5.16 Å². The van der Waals surface area contributed by atoms with Crippen LogP contribution in [0.3, 0.4) is 0 Å². The Balaban J connectivity index is 1.79. The monoisotopic (exact) mass is 453 g/mol. The number of nitrogens with zero attached hydrogens (tertiary/aromatic N) is 2. The van der Waals surface area contributed by atoms with Gasteiger partial charge in [-0.15, -0.1) is 0 Å². The van der Waals surface area contributed by atoms with Gasteiger partial charge in [-0.25, -0.2) is 0 Å². The highest BCUT2D eigenvalue weighted by Gasteiger charge is 2.35. The van der Waals surface area contributed by atoms with E-state index in [0.717, 1.165) is 11.1 Å². The van der Waals surface area contributed by atoms with E-state index in [9.17, 15) is 19.8 Å². The number of amides is 2. The van der Waals surface area contributed by atoms with Crippen molar-refractivity contribution in [2.75, 3.05) is 26.9 Å². The second-order valence-electron chi connectivity index (χ2n) is 8.31. The van der Waals surface area contributed by atoms with Gasteiger partial charge < -0.3 is 25.3 Å². The summed E-state index contributed by atoms with van der Waals surface area (Å²) < 4.78 is 0. The fraction of sp³-hybridized carbons (Fsp3) is 0.400. The molecule has 1 aliphatic heterocycles. The lowest BCUT2D eigenvalue weighted by Gasteiger charge is -2.24. The molecule has 1 saturated heterocycles. The molecule has 8 heteroatoms. The topological polar surface area (TPSA) is 111 Å². The fourth-order valence-corrected chi connectivity index (χ4v) is 4.25. The molecule has 3 N–H and O–H groups in total. The molecule has 2 amide bonds. The molecule has 0 bridgehead atoms. The SMILES string of the molecule is CON=C1C[C@@H](CC(=O)NC(CO)CO)N(C(=O)c2ccc(-c3c(C)cccc3C)cc2)C1. The predicted octanol–water partition coefficient (Wildman–Crippen LogP) is 2.05. The zero-order valence-corrected chi connectivity index (χ0v) is 19.2. The van der Waals surface area contributed by atoms with Crippen LogP contribution in [0.1, 0.15) is 34.3 Å². The summed E-state index contributed by atoms with van der Waals surface area (Å²) in [6.07, 6.45) is 0.446. The van der Waals surface area contributed by atoms with E-state index in [-0.39, 0.29) is 38.0 Å². The van der Waals surface area contributed by atoms with Crippen LogP contribution in [0.25, 0.3) is 11.1 Å². The van der Waals surface area contributed by atoms with Gasteiger partial charge in [-0.1, -0.05) is 35.5 Å². The maximum Gasteiger partial charge on any atom is 0.254 e. The fourth-order valence-electron chi connectivity index (χ4n) is 4.25. The summed E-state index contributed by atoms with van der Waals surface area (Å²) in [4.78, 5) is 32.2. The molecule has 1 aliphatic rings. The first-order valence-corrected chi connectivity index (χ1v) is 11.0. The van der Waals surface area contributed by atoms with Crippen LogP contribution in [0.15, 0.2) is 47.6 Å². The second-order valence-corrected chi connectivity index (χ2v) is 8.31. The third-order valence-corrected chi connectivity index (χ3v) is 5.87. The number of carbonyl (C=O) groups is 2. The molecule has 0 spiro atoms. The van der Waals surface area contributed by atoms with Crippen LogP contribution in [-0.4, -0.2) is 71.6 Å². The molecule has 176 valence electrons. The lowest BCUT2D eigenvalue weighted by atomic mass is 9.95. The first-order chi connectivity index (χ1) is 15.9. The number of aliphatic hydroxyl groups excluding tert-OH is 2. The third kappa shape index (κ3) is 5.77. The number of likely N-dealkylation sites (tertiary alicyclic amines) is 1. The Labute approximate surface area is 193 Å². The van der Waals surface area contributed by atoms with Crippen molar-refractivity contribution >= 4 is 17.5 Å². The Kier molecular flexibility index (Phi) is 8.19. The average Bonchev–Trinajstić information content (AvgIpc) is 3.19. The lowest BCUT2D eigenvalue weighted by Crippen LogP contribution is -2.44. The van der Waals surface area contributed by atoms with Crippen LogP contribution in [0.5, 0.6) is 0 Å². The van der Waals surface area contributed by atoms with E-state index in [1.807, 2.05) is 18.2 Å². The van der Waals surface area contributed by atoms with Crippen molar-refractivity contribution in [1.82, 2.24) is 10.2 Å². The van der Waals surface area contributed by atoms with Gasteiger partial charge in [-0.2, -0.15) is 0 Å². The van der Waals surface area contributed by atoms with E-state index < -0.39 is 12.1 Å². The maximum atomic E-state index is 13.3. The van der Waals surface area contributed by atoms with Crippen molar-refractivity contribution < 1.29 is 24.6 Å². The smallest absolute Gasteiger partial charge is 0.254 e. The molecule has 33 heavy (non-hydrogen) atoms. The van der Waals surface area contributed by atoms with Crippen LogP contribution in [0, 0.1) is 13.8 Å². The van der Waals surface area contributed by atoms with Crippen molar-refractivity contribution in [2.45, 2.75) is 38.8 Å². The average molecular weight is 454 g/mol. The Morgan fingerprint density at radius 1 is 1.12 bits per heavy atom. The number of hydrogen-bond acceptors (Lipinski definition) is 6. The van der Waals surface area contributed by atoms with Gasteiger partial charge in [0, 0.05) is 24.4 Å². The van der Waals surface area contributed by atoms with E-state index in [1.54, 1.807) is 17.0 Å². The summed E-state index contributed by atoms with van der Waals surface area (Å²) in [6, 6.07) is 12.5. The van der Waals surface area contributed by atoms with Crippen molar-refractivity contribution in [1.29, 1.82) is 0 Å². The zero-order valence-electron chi connectivity index (χ0n) is 19.2. The number of aliphatic hydroxyl groups is 2. The van der Waals surface area contributed by atoms with E-state index >= 15 is 0 Å². The van der Waals surface area contributed by atoms with Crippen LogP contribution in [0.4, 0.5) is 0 Å². The summed E-state index contributed by atoms with van der Waals surface area (Å²) in [6.45, 7) is 3.68.